The first-order valence-corrected chi connectivity index (χ1v) is 34.8. The predicted molar refractivity (Wildman–Crippen MR) is 359 cm³/mol. The molecule has 0 saturated heterocycles. The highest BCUT2D eigenvalue weighted by atomic mass is 16.5. The number of rotatable bonds is 11. The Bertz CT molecular complexity index is 3230. The Morgan fingerprint density at radius 2 is 0.804 bits per heavy atom. The molecule has 5 aliphatic rings. The zero-order valence-electron chi connectivity index (χ0n) is 56.2. The van der Waals surface area contributed by atoms with Crippen LogP contribution in [0, 0.1) is 49.4 Å². The highest BCUT2D eigenvalue weighted by Crippen LogP contribution is 2.54. The fourth-order valence-corrected chi connectivity index (χ4v) is 18.9. The summed E-state index contributed by atoms with van der Waals surface area (Å²) in [5, 5.41) is 106. The van der Waals surface area contributed by atoms with Gasteiger partial charge in [0.25, 0.3) is 0 Å². The second kappa shape index (κ2) is 30.8. The van der Waals surface area contributed by atoms with Gasteiger partial charge in [-0.1, -0.05) is 51.3 Å². The second-order valence-corrected chi connectivity index (χ2v) is 29.2. The standard InChI is InChI=1S/C78H108O14/c1-43-25-47(31-53(82)27-43)58-13-10-17-62(64-23-20-51(80)36-75(64)89-6)69-40-71(78(92-9)42-74(69)87)63(65-24-21-52(81)37-76(65)90-7)18-12-15-60(48-26-44(2)28-54(83)32-48)70-39-67(73(86)41-77(70)91-8)59(49-33-55(84)35-56(34-49)88-5)14-11-16-61(57-22-19-50(79)29-45(57)3)68-38-66(58)46(4)30-72(68)85/h19,21-22,24,29-30,37-44,47-49,51,53-56,58-64,75,79-87H,10-18,20,23,25-28,31-36H2,1-9H3/t43-,44+,47+,48-,49-,51?,53?,54?,55?,56-,58-,59-,60+,61+,62?,63-,64?,75-/m0/s1. The predicted octanol–water partition coefficient (Wildman–Crippen LogP) is 15.3. The molecule has 0 radical (unpaired) electrons. The van der Waals surface area contributed by atoms with Crippen LogP contribution >= 0.6 is 0 Å². The monoisotopic (exact) mass is 1270 g/mol. The number of aromatic hydroxyl groups is 5. The van der Waals surface area contributed by atoms with E-state index in [1.54, 1.807) is 71.9 Å². The minimum atomic E-state index is -0.603. The summed E-state index contributed by atoms with van der Waals surface area (Å²) in [7, 11) is 8.33. The third kappa shape index (κ3) is 15.6. The molecule has 5 aromatic carbocycles. The van der Waals surface area contributed by atoms with Crippen LogP contribution in [-0.4, -0.2) is 118 Å². The summed E-state index contributed by atoms with van der Waals surface area (Å²) >= 11 is 0. The summed E-state index contributed by atoms with van der Waals surface area (Å²) in [5.74, 6) is 1.61. The van der Waals surface area contributed by atoms with Crippen LogP contribution in [0.25, 0.3) is 0 Å². The van der Waals surface area contributed by atoms with Crippen LogP contribution in [0.15, 0.2) is 72.8 Å². The third-order valence-corrected chi connectivity index (χ3v) is 23.0. The van der Waals surface area contributed by atoms with Gasteiger partial charge in [0.15, 0.2) is 0 Å². The fourth-order valence-electron chi connectivity index (χ4n) is 18.9. The molecule has 5 aliphatic carbocycles. The molecule has 9 N–H and O–H groups in total. The number of fused-ring (bicyclic) bond motifs is 6. The molecule has 10 rings (SSSR count). The van der Waals surface area contributed by atoms with Crippen molar-refractivity contribution < 1.29 is 69.6 Å². The van der Waals surface area contributed by atoms with Crippen molar-refractivity contribution in [3.8, 4) is 46.0 Å². The van der Waals surface area contributed by atoms with Gasteiger partial charge in [0, 0.05) is 60.9 Å². The molecule has 0 aliphatic heterocycles. The lowest BCUT2D eigenvalue weighted by Crippen LogP contribution is -2.37. The zero-order chi connectivity index (χ0) is 65.7. The van der Waals surface area contributed by atoms with Gasteiger partial charge in [-0.2, -0.15) is 0 Å². The average Bonchev–Trinajstić information content (AvgIpc) is 0.801. The van der Waals surface area contributed by atoms with E-state index in [1.807, 2.05) is 25.1 Å². The number of phenolic OH excluding ortho intramolecular Hbond substituents is 5. The normalized spacial score (nSPS) is 32.2. The maximum atomic E-state index is 12.7. The Morgan fingerprint density at radius 3 is 1.38 bits per heavy atom. The topological polar surface area (TPSA) is 228 Å². The molecular weight excluding hydrogens is 1160 g/mol. The summed E-state index contributed by atoms with van der Waals surface area (Å²) in [6, 6.07) is 22.8. The third-order valence-electron chi connectivity index (χ3n) is 23.0. The molecule has 504 valence electrons. The molecule has 14 heteroatoms. The minimum absolute atomic E-state index is 0.00994. The maximum absolute atomic E-state index is 12.7. The minimum Gasteiger partial charge on any atom is -0.508 e. The van der Waals surface area contributed by atoms with Crippen molar-refractivity contribution in [2.24, 2.45) is 35.5 Å². The van der Waals surface area contributed by atoms with Gasteiger partial charge >= 0.3 is 0 Å². The second-order valence-electron chi connectivity index (χ2n) is 29.2. The quantitative estimate of drug-likeness (QED) is 0.0600. The average molecular weight is 1270 g/mol. The van der Waals surface area contributed by atoms with Gasteiger partial charge in [-0.15, -0.1) is 0 Å². The van der Waals surface area contributed by atoms with E-state index >= 15 is 0 Å². The highest BCUT2D eigenvalue weighted by molar-refractivity contribution is 5.56. The first-order valence-electron chi connectivity index (χ1n) is 34.8. The number of ether oxygens (including phenoxy) is 5. The summed E-state index contributed by atoms with van der Waals surface area (Å²) < 4.78 is 31.2. The molecule has 0 amide bonds. The number of hydrogen-bond donors (Lipinski definition) is 9. The smallest absolute Gasteiger partial charge is 0.126 e. The lowest BCUT2D eigenvalue weighted by atomic mass is 9.67. The zero-order valence-corrected chi connectivity index (χ0v) is 56.2. The van der Waals surface area contributed by atoms with Crippen molar-refractivity contribution in [2.45, 2.75) is 235 Å². The molecule has 92 heavy (non-hydrogen) atoms. The van der Waals surface area contributed by atoms with Crippen molar-refractivity contribution >= 4 is 0 Å². The van der Waals surface area contributed by atoms with E-state index in [9.17, 15) is 46.0 Å². The molecule has 5 aromatic rings. The molecule has 4 saturated carbocycles. The van der Waals surface area contributed by atoms with E-state index in [0.29, 0.717) is 126 Å². The molecular formula is C78H108O14. The van der Waals surface area contributed by atoms with E-state index in [-0.39, 0.29) is 106 Å². The molecule has 14 nitrogen and oxygen atoms in total. The highest BCUT2D eigenvalue weighted by Gasteiger charge is 2.42. The maximum Gasteiger partial charge on any atom is 0.126 e. The number of aryl methyl sites for hydroxylation is 2. The van der Waals surface area contributed by atoms with E-state index in [1.165, 1.54) is 0 Å². The SMILES string of the molecule is COc1cc(O)ccc1[C@@H]1CCC[C@H]([C@@H]2CC(O)C[C@H](C)C2)c2cc(c(O)cc2OC)[C@H]([C@H]2CC(O)C[C@@H](OC)C2)CCC[C@H](c2ccc(O)cc2C)c2cc(c(C)cc2O)[C@H]([C@H]2CC(O)C[C@@H](C)C2)CCCC(C2CCC(O)C[C@@H]2OC)c2cc1c(OC)cc2O. The Morgan fingerprint density at radius 1 is 0.348 bits per heavy atom. The van der Waals surface area contributed by atoms with Gasteiger partial charge < -0.3 is 69.6 Å². The van der Waals surface area contributed by atoms with E-state index in [4.69, 9.17) is 23.7 Å². The van der Waals surface area contributed by atoms with Crippen LogP contribution < -0.4 is 14.2 Å². The molecule has 0 heterocycles. The van der Waals surface area contributed by atoms with Gasteiger partial charge in [0.2, 0.25) is 0 Å². The van der Waals surface area contributed by atoms with Gasteiger partial charge in [0.05, 0.1) is 58.0 Å². The van der Waals surface area contributed by atoms with Crippen LogP contribution in [0.5, 0.6) is 46.0 Å². The van der Waals surface area contributed by atoms with Crippen LogP contribution in [0.3, 0.4) is 0 Å². The van der Waals surface area contributed by atoms with Crippen molar-refractivity contribution in [3.05, 3.63) is 128 Å². The Balaban J connectivity index is 1.20. The Hall–Kier alpha value is -5.74. The van der Waals surface area contributed by atoms with Gasteiger partial charge in [0.1, 0.15) is 46.0 Å². The summed E-state index contributed by atoms with van der Waals surface area (Å²) in [4.78, 5) is 0. The van der Waals surface area contributed by atoms with Crippen LogP contribution in [0.2, 0.25) is 0 Å². The largest absolute Gasteiger partial charge is 0.508 e. The van der Waals surface area contributed by atoms with E-state index in [2.05, 4.69) is 39.0 Å². The first kappa shape index (κ1) is 69.1. The van der Waals surface area contributed by atoms with E-state index < -0.39 is 24.4 Å². The van der Waals surface area contributed by atoms with Crippen LogP contribution in [-0.2, 0) is 9.47 Å². The summed E-state index contributed by atoms with van der Waals surface area (Å²) in [6.45, 7) is 8.56. The number of aliphatic hydroxyl groups excluding tert-OH is 4. The molecule has 6 unspecified atom stereocenters. The van der Waals surface area contributed by atoms with Gasteiger partial charge in [-0.25, -0.2) is 0 Å². The molecule has 0 spiro atoms. The van der Waals surface area contributed by atoms with Gasteiger partial charge in [-0.05, 0) is 264 Å². The fraction of sp³-hybridized carbons (Fsp3) is 0.615. The Labute approximate surface area is 547 Å². The van der Waals surface area contributed by atoms with Crippen molar-refractivity contribution in [3.63, 3.8) is 0 Å². The summed E-state index contributed by atoms with van der Waals surface area (Å²) in [5.41, 5.74) is 9.04. The number of methoxy groups -OCH3 is 5. The summed E-state index contributed by atoms with van der Waals surface area (Å²) in [6.07, 6.45) is 11.6. The molecule has 18 atom stereocenters. The molecule has 6 bridgehead atoms. The number of hydrogen-bond acceptors (Lipinski definition) is 14. The van der Waals surface area contributed by atoms with Crippen molar-refractivity contribution in [1.29, 1.82) is 0 Å². The molecule has 4 fully saturated rings. The van der Waals surface area contributed by atoms with Crippen molar-refractivity contribution in [1.82, 2.24) is 0 Å². The number of phenols is 5. The van der Waals surface area contributed by atoms with Crippen molar-refractivity contribution in [2.75, 3.05) is 35.5 Å². The molecule has 0 aromatic heterocycles. The first-order chi connectivity index (χ1) is 44.2. The number of benzene rings is 5. The lowest BCUT2D eigenvalue weighted by Gasteiger charge is -2.40. The lowest BCUT2D eigenvalue weighted by molar-refractivity contribution is -0.0357. The Kier molecular flexibility index (Phi) is 23.1. The van der Waals surface area contributed by atoms with Crippen LogP contribution in [0.1, 0.15) is 240 Å². The number of aliphatic hydroxyl groups is 4. The van der Waals surface area contributed by atoms with E-state index in [0.717, 1.165) is 87.7 Å². The van der Waals surface area contributed by atoms with Gasteiger partial charge in [-0.3, -0.25) is 0 Å². The van der Waals surface area contributed by atoms with Crippen LogP contribution in [0.4, 0.5) is 0 Å².